The Morgan fingerprint density at radius 1 is 1.41 bits per heavy atom. The number of methoxy groups -OCH3 is 1. The second-order valence-electron chi connectivity index (χ2n) is 6.37. The van der Waals surface area contributed by atoms with E-state index in [-0.39, 0.29) is 20.7 Å². The Bertz CT molecular complexity index is 915. The molecule has 9 heteroatoms. The minimum Gasteiger partial charge on any atom is -0.467 e. The van der Waals surface area contributed by atoms with Gasteiger partial charge in [-0.1, -0.05) is 53.3 Å². The standard InChI is InChI=1S/C18H17BrN2O4S2/c1-4-7-18(2,16(24)25-3)21-15(23)13(27-17(21)26)12-10-8-9(19)5-6-11(10)20-14(12)22/h5-6,8H,4,7H2,1-3H3,(H,20,22). The molecule has 0 saturated carbocycles. The van der Waals surface area contributed by atoms with Crippen molar-refractivity contribution in [2.45, 2.75) is 32.2 Å². The Morgan fingerprint density at radius 3 is 2.74 bits per heavy atom. The summed E-state index contributed by atoms with van der Waals surface area (Å²) >= 11 is 9.83. The number of nitrogens with zero attached hydrogens (tertiary/aromatic N) is 1. The molecule has 2 aliphatic heterocycles. The van der Waals surface area contributed by atoms with Gasteiger partial charge in [0.2, 0.25) is 0 Å². The zero-order valence-electron chi connectivity index (χ0n) is 14.9. The number of halogens is 1. The highest BCUT2D eigenvalue weighted by molar-refractivity contribution is 9.10. The maximum atomic E-state index is 13.2. The van der Waals surface area contributed by atoms with Gasteiger partial charge in [-0.15, -0.1) is 0 Å². The summed E-state index contributed by atoms with van der Waals surface area (Å²) < 4.78 is 5.95. The topological polar surface area (TPSA) is 75.7 Å². The number of esters is 1. The molecule has 1 fully saturated rings. The minimum absolute atomic E-state index is 0.223. The SMILES string of the molecule is CCCC(C)(C(=O)OC)N1C(=O)C(=C2C(=O)Nc3ccc(Br)cc32)SC1=S. The Morgan fingerprint density at radius 2 is 2.11 bits per heavy atom. The van der Waals surface area contributed by atoms with Crippen LogP contribution in [0, 0.1) is 0 Å². The molecule has 1 atom stereocenters. The summed E-state index contributed by atoms with van der Waals surface area (Å²) in [5.41, 5.74) is 0.315. The second-order valence-corrected chi connectivity index (χ2v) is 8.93. The van der Waals surface area contributed by atoms with E-state index in [1.54, 1.807) is 19.1 Å². The normalized spacial score (nSPS) is 21.2. The fourth-order valence-corrected chi connectivity index (χ4v) is 5.25. The molecule has 0 radical (unpaired) electrons. The van der Waals surface area contributed by atoms with Gasteiger partial charge in [0.15, 0.2) is 0 Å². The number of nitrogens with one attached hydrogen (secondary N) is 1. The van der Waals surface area contributed by atoms with E-state index in [9.17, 15) is 14.4 Å². The van der Waals surface area contributed by atoms with Crippen LogP contribution in [0.4, 0.5) is 5.69 Å². The molecular weight excluding hydrogens is 452 g/mol. The van der Waals surface area contributed by atoms with Crippen molar-refractivity contribution in [1.29, 1.82) is 0 Å². The first-order valence-electron chi connectivity index (χ1n) is 8.25. The average molecular weight is 469 g/mol. The van der Waals surface area contributed by atoms with Crippen molar-refractivity contribution < 1.29 is 19.1 Å². The van der Waals surface area contributed by atoms with Crippen LogP contribution in [0.3, 0.4) is 0 Å². The monoisotopic (exact) mass is 468 g/mol. The molecule has 2 aliphatic rings. The summed E-state index contributed by atoms with van der Waals surface area (Å²) in [5.74, 6) is -1.35. The molecule has 3 rings (SSSR count). The summed E-state index contributed by atoms with van der Waals surface area (Å²) in [7, 11) is 1.28. The first kappa shape index (κ1) is 20.0. The minimum atomic E-state index is -1.22. The van der Waals surface area contributed by atoms with Gasteiger partial charge in [0, 0.05) is 15.7 Å². The van der Waals surface area contributed by atoms with Gasteiger partial charge in [0.05, 0.1) is 17.6 Å². The molecule has 1 saturated heterocycles. The lowest BCUT2D eigenvalue weighted by Gasteiger charge is -2.34. The van der Waals surface area contributed by atoms with Crippen molar-refractivity contribution in [3.05, 3.63) is 33.1 Å². The predicted octanol–water partition coefficient (Wildman–Crippen LogP) is 3.70. The van der Waals surface area contributed by atoms with Crippen LogP contribution in [-0.4, -0.2) is 39.7 Å². The molecule has 1 unspecified atom stereocenters. The molecule has 2 heterocycles. The molecule has 0 spiro atoms. The van der Waals surface area contributed by atoms with Crippen LogP contribution in [-0.2, 0) is 19.1 Å². The lowest BCUT2D eigenvalue weighted by molar-refractivity contribution is -0.155. The van der Waals surface area contributed by atoms with E-state index in [2.05, 4.69) is 21.2 Å². The van der Waals surface area contributed by atoms with Crippen LogP contribution in [0.5, 0.6) is 0 Å². The lowest BCUT2D eigenvalue weighted by Crippen LogP contribution is -2.54. The van der Waals surface area contributed by atoms with Gasteiger partial charge >= 0.3 is 5.97 Å². The highest BCUT2D eigenvalue weighted by Crippen LogP contribution is 2.45. The summed E-state index contributed by atoms with van der Waals surface area (Å²) in [6.45, 7) is 3.55. The van der Waals surface area contributed by atoms with Crippen LogP contribution in [0.2, 0.25) is 0 Å². The maximum Gasteiger partial charge on any atom is 0.331 e. The average Bonchev–Trinajstić information content (AvgIpc) is 3.09. The predicted molar refractivity (Wildman–Crippen MR) is 112 cm³/mol. The first-order chi connectivity index (χ1) is 12.7. The quantitative estimate of drug-likeness (QED) is 0.412. The van der Waals surface area contributed by atoms with E-state index >= 15 is 0 Å². The molecule has 1 N–H and O–H groups in total. The number of thioether (sulfide) groups is 1. The fourth-order valence-electron chi connectivity index (χ4n) is 3.32. The van der Waals surface area contributed by atoms with E-state index in [1.165, 1.54) is 12.0 Å². The summed E-state index contributed by atoms with van der Waals surface area (Å²) in [6.07, 6.45) is 1.05. The largest absolute Gasteiger partial charge is 0.467 e. The second kappa shape index (κ2) is 7.37. The lowest BCUT2D eigenvalue weighted by atomic mass is 9.94. The van der Waals surface area contributed by atoms with Gasteiger partial charge in [-0.2, -0.15) is 0 Å². The van der Waals surface area contributed by atoms with Crippen molar-refractivity contribution >= 4 is 73.3 Å². The van der Waals surface area contributed by atoms with E-state index in [0.717, 1.165) is 16.2 Å². The third-order valence-corrected chi connectivity index (χ3v) is 6.44. The van der Waals surface area contributed by atoms with Gasteiger partial charge < -0.3 is 10.1 Å². The van der Waals surface area contributed by atoms with Gasteiger partial charge in [-0.25, -0.2) is 4.79 Å². The highest BCUT2D eigenvalue weighted by Gasteiger charge is 2.51. The fraction of sp³-hybridized carbons (Fsp3) is 0.333. The number of hydrogen-bond acceptors (Lipinski definition) is 6. The Labute approximate surface area is 174 Å². The molecule has 0 aromatic heterocycles. The van der Waals surface area contributed by atoms with Crippen LogP contribution >= 0.6 is 39.9 Å². The molecule has 0 aliphatic carbocycles. The molecule has 1 aromatic carbocycles. The number of thiocarbonyl (C=S) groups is 1. The number of amides is 2. The first-order valence-corrected chi connectivity index (χ1v) is 10.3. The molecule has 27 heavy (non-hydrogen) atoms. The van der Waals surface area contributed by atoms with Crippen molar-refractivity contribution in [3.63, 3.8) is 0 Å². The molecule has 1 aromatic rings. The van der Waals surface area contributed by atoms with Gasteiger partial charge in [-0.3, -0.25) is 14.5 Å². The smallest absolute Gasteiger partial charge is 0.331 e. The van der Waals surface area contributed by atoms with E-state index in [0.29, 0.717) is 24.1 Å². The molecule has 6 nitrogen and oxygen atoms in total. The number of carbonyl (C=O) groups excluding carboxylic acids is 3. The van der Waals surface area contributed by atoms with Crippen molar-refractivity contribution in [1.82, 2.24) is 4.90 Å². The molecule has 2 amide bonds. The molecular formula is C18H17BrN2O4S2. The van der Waals surface area contributed by atoms with Gasteiger partial charge in [-0.05, 0) is 31.5 Å². The number of anilines is 1. The summed E-state index contributed by atoms with van der Waals surface area (Å²) in [4.78, 5) is 39.8. The maximum absolute atomic E-state index is 13.2. The van der Waals surface area contributed by atoms with E-state index in [1.807, 2.05) is 13.0 Å². The van der Waals surface area contributed by atoms with Crippen molar-refractivity contribution in [2.75, 3.05) is 12.4 Å². The number of fused-ring (bicyclic) bond motifs is 1. The van der Waals surface area contributed by atoms with Crippen LogP contribution in [0.15, 0.2) is 27.6 Å². The molecule has 142 valence electrons. The number of carbonyl (C=O) groups is 3. The number of ether oxygens (including phenoxy) is 1. The number of hydrogen-bond donors (Lipinski definition) is 1. The van der Waals surface area contributed by atoms with E-state index in [4.69, 9.17) is 17.0 Å². The number of benzene rings is 1. The van der Waals surface area contributed by atoms with Crippen molar-refractivity contribution in [2.24, 2.45) is 0 Å². The van der Waals surface area contributed by atoms with Gasteiger partial charge in [0.1, 0.15) is 9.86 Å². The number of rotatable bonds is 4. The van der Waals surface area contributed by atoms with Crippen LogP contribution in [0.1, 0.15) is 32.3 Å². The van der Waals surface area contributed by atoms with Crippen LogP contribution < -0.4 is 5.32 Å². The van der Waals surface area contributed by atoms with Gasteiger partial charge in [0.25, 0.3) is 11.8 Å². The summed E-state index contributed by atoms with van der Waals surface area (Å²) in [5, 5.41) is 2.76. The summed E-state index contributed by atoms with van der Waals surface area (Å²) in [6, 6.07) is 5.35. The van der Waals surface area contributed by atoms with E-state index < -0.39 is 17.4 Å². The zero-order chi connectivity index (χ0) is 19.9. The Kier molecular flexibility index (Phi) is 5.47. The van der Waals surface area contributed by atoms with Crippen LogP contribution in [0.25, 0.3) is 5.57 Å². The third kappa shape index (κ3) is 3.21. The Hall–Kier alpha value is -1.71. The zero-order valence-corrected chi connectivity index (χ0v) is 18.1. The highest BCUT2D eigenvalue weighted by atomic mass is 79.9. The van der Waals surface area contributed by atoms with Crippen molar-refractivity contribution in [3.8, 4) is 0 Å². The Balaban J connectivity index is 2.12. The third-order valence-electron chi connectivity index (χ3n) is 4.58. The molecule has 0 bridgehead atoms.